The van der Waals surface area contributed by atoms with Crippen molar-refractivity contribution in [2.24, 2.45) is 0 Å². The number of ether oxygens (including phenoxy) is 2. The zero-order valence-electron chi connectivity index (χ0n) is 11.9. The number of rotatable bonds is 7. The fourth-order valence-electron chi connectivity index (χ4n) is 1.77. The van der Waals surface area contributed by atoms with E-state index >= 15 is 0 Å². The van der Waals surface area contributed by atoms with Gasteiger partial charge in [0.1, 0.15) is 12.9 Å². The fourth-order valence-corrected chi connectivity index (χ4v) is 1.77. The van der Waals surface area contributed by atoms with Crippen LogP contribution >= 0.6 is 0 Å². The minimum atomic E-state index is -0.208. The van der Waals surface area contributed by atoms with Crippen molar-refractivity contribution in [3.63, 3.8) is 0 Å². The van der Waals surface area contributed by atoms with Crippen molar-refractivity contribution in [1.82, 2.24) is 20.2 Å². The molecule has 1 amide bonds. The van der Waals surface area contributed by atoms with Gasteiger partial charge in [-0.3, -0.25) is 4.79 Å². The van der Waals surface area contributed by atoms with E-state index in [1.807, 2.05) is 19.1 Å². The molecule has 2 rings (SSSR count). The van der Waals surface area contributed by atoms with Gasteiger partial charge in [0.25, 0.3) is 0 Å². The van der Waals surface area contributed by atoms with Gasteiger partial charge >= 0.3 is 0 Å². The molecule has 1 aromatic heterocycles. The Morgan fingerprint density at radius 1 is 1.38 bits per heavy atom. The van der Waals surface area contributed by atoms with Gasteiger partial charge in [-0.15, -0.1) is 5.10 Å². The highest BCUT2D eigenvalue weighted by molar-refractivity contribution is 5.91. The van der Waals surface area contributed by atoms with Gasteiger partial charge in [0.05, 0.1) is 18.9 Å². The third kappa shape index (κ3) is 4.33. The van der Waals surface area contributed by atoms with Crippen molar-refractivity contribution < 1.29 is 14.3 Å². The average Bonchev–Trinajstić information content (AvgIpc) is 2.98. The Balaban J connectivity index is 1.93. The summed E-state index contributed by atoms with van der Waals surface area (Å²) in [5.41, 5.74) is 2.50. The van der Waals surface area contributed by atoms with Crippen LogP contribution in [0.4, 0.5) is 5.69 Å². The summed E-state index contributed by atoms with van der Waals surface area (Å²) in [6.45, 7) is 2.77. The lowest BCUT2D eigenvalue weighted by Crippen LogP contribution is -2.19. The van der Waals surface area contributed by atoms with Gasteiger partial charge in [0.15, 0.2) is 0 Å². The highest BCUT2D eigenvalue weighted by Crippen LogP contribution is 2.17. The molecule has 0 aliphatic heterocycles. The van der Waals surface area contributed by atoms with Gasteiger partial charge in [-0.2, -0.15) is 0 Å². The van der Waals surface area contributed by atoms with Gasteiger partial charge < -0.3 is 14.8 Å². The van der Waals surface area contributed by atoms with Crippen LogP contribution in [0.15, 0.2) is 24.5 Å². The molecule has 1 N–H and O–H groups in total. The molecular weight excluding hydrogens is 274 g/mol. The predicted molar refractivity (Wildman–Crippen MR) is 75.2 cm³/mol. The number of carbonyl (C=O) groups excluding carboxylic acids is 1. The SMILES string of the molecule is COCCOCC(=O)Nc1ccc(-n2cnnn2)c(C)c1. The van der Waals surface area contributed by atoms with E-state index in [0.29, 0.717) is 18.9 Å². The molecule has 0 fully saturated rings. The molecule has 8 heteroatoms. The van der Waals surface area contributed by atoms with Crippen molar-refractivity contribution in [2.45, 2.75) is 6.92 Å². The molecule has 0 spiro atoms. The number of nitrogens with zero attached hydrogens (tertiary/aromatic N) is 4. The highest BCUT2D eigenvalue weighted by atomic mass is 16.5. The first kappa shape index (κ1) is 15.1. The van der Waals surface area contributed by atoms with Crippen LogP contribution in [-0.2, 0) is 14.3 Å². The molecule has 8 nitrogen and oxygen atoms in total. The molecule has 0 atom stereocenters. The first-order valence-electron chi connectivity index (χ1n) is 6.41. The smallest absolute Gasteiger partial charge is 0.250 e. The first-order chi connectivity index (χ1) is 10.2. The van der Waals surface area contributed by atoms with E-state index in [9.17, 15) is 4.79 Å². The largest absolute Gasteiger partial charge is 0.382 e. The topological polar surface area (TPSA) is 91.2 Å². The van der Waals surface area contributed by atoms with Crippen LogP contribution in [0.25, 0.3) is 5.69 Å². The summed E-state index contributed by atoms with van der Waals surface area (Å²) in [6.07, 6.45) is 1.52. The van der Waals surface area contributed by atoms with E-state index in [0.717, 1.165) is 11.3 Å². The zero-order chi connectivity index (χ0) is 15.1. The molecule has 1 aromatic carbocycles. The van der Waals surface area contributed by atoms with Gasteiger partial charge in [0, 0.05) is 12.8 Å². The second-order valence-electron chi connectivity index (χ2n) is 4.35. The van der Waals surface area contributed by atoms with Gasteiger partial charge in [-0.25, -0.2) is 4.68 Å². The molecule has 21 heavy (non-hydrogen) atoms. The van der Waals surface area contributed by atoms with Crippen molar-refractivity contribution in [3.8, 4) is 5.69 Å². The number of aryl methyl sites for hydroxylation is 1. The van der Waals surface area contributed by atoms with Crippen LogP contribution in [0.3, 0.4) is 0 Å². The van der Waals surface area contributed by atoms with Gasteiger partial charge in [-0.05, 0) is 41.1 Å². The van der Waals surface area contributed by atoms with E-state index in [2.05, 4.69) is 20.8 Å². The van der Waals surface area contributed by atoms with Crippen LogP contribution < -0.4 is 5.32 Å². The number of amides is 1. The molecule has 2 aromatic rings. The fraction of sp³-hybridized carbons (Fsp3) is 0.385. The third-order valence-electron chi connectivity index (χ3n) is 2.74. The van der Waals surface area contributed by atoms with Crippen molar-refractivity contribution in [2.75, 3.05) is 32.2 Å². The van der Waals surface area contributed by atoms with Crippen molar-refractivity contribution >= 4 is 11.6 Å². The Labute approximate surface area is 122 Å². The summed E-state index contributed by atoms with van der Waals surface area (Å²) in [5, 5.41) is 13.8. The number of aromatic nitrogens is 4. The van der Waals surface area contributed by atoms with Crippen LogP contribution in [0, 0.1) is 6.92 Å². The minimum Gasteiger partial charge on any atom is -0.382 e. The summed E-state index contributed by atoms with van der Waals surface area (Å²) >= 11 is 0. The maximum absolute atomic E-state index is 11.7. The molecule has 0 saturated heterocycles. The Bertz CT molecular complexity index is 585. The molecule has 0 bridgehead atoms. The number of carbonyl (C=O) groups is 1. The number of hydrogen-bond donors (Lipinski definition) is 1. The Hall–Kier alpha value is -2.32. The molecule has 0 aliphatic rings. The Kier molecular flexibility index (Phi) is 5.35. The normalized spacial score (nSPS) is 10.6. The molecule has 0 unspecified atom stereocenters. The number of tetrazole rings is 1. The highest BCUT2D eigenvalue weighted by Gasteiger charge is 2.06. The van der Waals surface area contributed by atoms with Gasteiger partial charge in [-0.1, -0.05) is 0 Å². The average molecular weight is 291 g/mol. The van der Waals surface area contributed by atoms with Crippen LogP contribution in [-0.4, -0.2) is 53.0 Å². The molecule has 112 valence electrons. The Morgan fingerprint density at radius 2 is 2.24 bits per heavy atom. The molecule has 1 heterocycles. The maximum Gasteiger partial charge on any atom is 0.250 e. The van der Waals surface area contributed by atoms with Crippen molar-refractivity contribution in [1.29, 1.82) is 0 Å². The van der Waals surface area contributed by atoms with E-state index < -0.39 is 0 Å². The predicted octanol–water partition coefficient (Wildman–Crippen LogP) is 0.572. The summed E-state index contributed by atoms with van der Waals surface area (Å²) < 4.78 is 11.5. The number of nitrogens with one attached hydrogen (secondary N) is 1. The van der Waals surface area contributed by atoms with Crippen LogP contribution in [0.2, 0.25) is 0 Å². The summed E-state index contributed by atoms with van der Waals surface area (Å²) in [7, 11) is 1.58. The lowest BCUT2D eigenvalue weighted by Gasteiger charge is -2.09. The number of anilines is 1. The molecule has 0 aliphatic carbocycles. The summed E-state index contributed by atoms with van der Waals surface area (Å²) in [5.74, 6) is -0.208. The van der Waals surface area contributed by atoms with Crippen LogP contribution in [0.1, 0.15) is 5.56 Å². The summed E-state index contributed by atoms with van der Waals surface area (Å²) in [6, 6.07) is 5.48. The second kappa shape index (κ2) is 7.46. The Morgan fingerprint density at radius 3 is 2.90 bits per heavy atom. The monoisotopic (exact) mass is 291 g/mol. The van der Waals surface area contributed by atoms with Gasteiger partial charge in [0.2, 0.25) is 5.91 Å². The second-order valence-corrected chi connectivity index (χ2v) is 4.35. The minimum absolute atomic E-state index is 0.00282. The molecule has 0 radical (unpaired) electrons. The van der Waals surface area contributed by atoms with Crippen LogP contribution in [0.5, 0.6) is 0 Å². The number of benzene rings is 1. The third-order valence-corrected chi connectivity index (χ3v) is 2.74. The van der Waals surface area contributed by atoms with E-state index in [-0.39, 0.29) is 12.5 Å². The molecular formula is C13H17N5O3. The molecule has 0 saturated carbocycles. The quantitative estimate of drug-likeness (QED) is 0.750. The lowest BCUT2D eigenvalue weighted by molar-refractivity contribution is -0.121. The zero-order valence-corrected chi connectivity index (χ0v) is 11.9. The lowest BCUT2D eigenvalue weighted by atomic mass is 10.2. The first-order valence-corrected chi connectivity index (χ1v) is 6.41. The van der Waals surface area contributed by atoms with E-state index in [4.69, 9.17) is 9.47 Å². The van der Waals surface area contributed by atoms with E-state index in [1.54, 1.807) is 17.9 Å². The number of methoxy groups -OCH3 is 1. The van der Waals surface area contributed by atoms with Crippen molar-refractivity contribution in [3.05, 3.63) is 30.1 Å². The standard InChI is InChI=1S/C13H17N5O3/c1-10-7-11(15-13(19)8-21-6-5-20-2)3-4-12(10)18-9-14-16-17-18/h3-4,7,9H,5-6,8H2,1-2H3,(H,15,19). The summed E-state index contributed by atoms with van der Waals surface area (Å²) in [4.78, 5) is 11.7. The van der Waals surface area contributed by atoms with E-state index in [1.165, 1.54) is 6.33 Å². The maximum atomic E-state index is 11.7. The number of hydrogen-bond acceptors (Lipinski definition) is 6.